The molecule has 0 saturated carbocycles. The van der Waals surface area contributed by atoms with E-state index in [1.54, 1.807) is 4.90 Å². The van der Waals surface area contributed by atoms with Crippen molar-refractivity contribution in [3.8, 4) is 0 Å². The topological polar surface area (TPSA) is 181 Å². The molecule has 7 N–H and O–H groups in total. The van der Waals surface area contributed by atoms with Crippen molar-refractivity contribution in [1.29, 1.82) is 0 Å². The van der Waals surface area contributed by atoms with E-state index in [1.807, 2.05) is 0 Å². The summed E-state index contributed by atoms with van der Waals surface area (Å²) in [6.45, 7) is 9.77. The van der Waals surface area contributed by atoms with Gasteiger partial charge in [-0.15, -0.1) is 0 Å². The molecule has 0 radical (unpaired) electrons. The Labute approximate surface area is 289 Å². The van der Waals surface area contributed by atoms with Gasteiger partial charge < -0.3 is 32.2 Å². The van der Waals surface area contributed by atoms with E-state index in [1.165, 1.54) is 0 Å². The maximum absolute atomic E-state index is 12.4. The number of amides is 4. The van der Waals surface area contributed by atoms with E-state index >= 15 is 0 Å². The number of nitrogens with one attached hydrogen (secondary N) is 3. The van der Waals surface area contributed by atoms with Gasteiger partial charge in [0.05, 0.1) is 12.1 Å². The van der Waals surface area contributed by atoms with Gasteiger partial charge in [0.25, 0.3) is 0 Å². The van der Waals surface area contributed by atoms with Crippen LogP contribution in [0.5, 0.6) is 0 Å². The highest BCUT2D eigenvalue weighted by Crippen LogP contribution is 2.19. The summed E-state index contributed by atoms with van der Waals surface area (Å²) in [7, 11) is 0. The molecular formula is C36H65N7O5. The number of likely N-dealkylation sites (tertiary alicyclic amines) is 1. The van der Waals surface area contributed by atoms with Crippen LogP contribution in [0, 0.1) is 6.57 Å². The van der Waals surface area contributed by atoms with E-state index in [9.17, 15) is 24.0 Å². The third kappa shape index (κ3) is 22.5. The Morgan fingerprint density at radius 3 is 1.58 bits per heavy atom. The summed E-state index contributed by atoms with van der Waals surface area (Å²) in [5.74, 6) is -0.0746. The highest BCUT2D eigenvalue weighted by molar-refractivity contribution is 5.83. The van der Waals surface area contributed by atoms with Crippen molar-refractivity contribution in [2.75, 3.05) is 26.2 Å². The summed E-state index contributed by atoms with van der Waals surface area (Å²) >= 11 is 0. The molecule has 1 aliphatic rings. The molecule has 0 aromatic carbocycles. The van der Waals surface area contributed by atoms with Crippen molar-refractivity contribution in [1.82, 2.24) is 20.9 Å². The smallest absolute Gasteiger partial charge is 0.300 e. The second kappa shape index (κ2) is 28.9. The molecule has 1 saturated heterocycles. The maximum atomic E-state index is 12.4. The van der Waals surface area contributed by atoms with Crippen molar-refractivity contribution in [2.24, 2.45) is 11.5 Å². The Morgan fingerprint density at radius 2 is 1.10 bits per heavy atom. The van der Waals surface area contributed by atoms with Gasteiger partial charge in [-0.25, -0.2) is 6.57 Å². The lowest BCUT2D eigenvalue weighted by Crippen LogP contribution is -2.45. The highest BCUT2D eigenvalue weighted by Gasteiger charge is 2.35. The number of hydrogen-bond acceptors (Lipinski definition) is 7. The molecule has 1 fully saturated rings. The summed E-state index contributed by atoms with van der Waals surface area (Å²) in [5, 5.41) is 8.87. The van der Waals surface area contributed by atoms with Crippen molar-refractivity contribution >= 4 is 29.9 Å². The zero-order valence-corrected chi connectivity index (χ0v) is 29.5. The number of rotatable bonds is 30. The molecule has 1 rings (SSSR count). The summed E-state index contributed by atoms with van der Waals surface area (Å²) in [6.07, 6.45) is 20.7. The zero-order valence-electron chi connectivity index (χ0n) is 29.5. The molecule has 0 aliphatic carbocycles. The normalized spacial score (nSPS) is 15.4. The number of aldehydes is 1. The molecule has 12 heteroatoms. The predicted molar refractivity (Wildman–Crippen MR) is 189 cm³/mol. The third-order valence-electron chi connectivity index (χ3n) is 8.92. The third-order valence-corrected chi connectivity index (χ3v) is 8.92. The fourth-order valence-electron chi connectivity index (χ4n) is 5.87. The first kappa shape index (κ1) is 43.0. The van der Waals surface area contributed by atoms with Crippen molar-refractivity contribution in [2.45, 2.75) is 166 Å². The lowest BCUT2D eigenvalue weighted by Gasteiger charge is -2.20. The Bertz CT molecular complexity index is 958. The molecule has 3 atom stereocenters. The van der Waals surface area contributed by atoms with Crippen molar-refractivity contribution in [3.05, 3.63) is 11.4 Å². The number of hydrogen-bond donors (Lipinski definition) is 5. The SMILES string of the molecule is [C-]#[N+][C@@H]1CCCN1C(=O)C(N)CCC(=O)NCCCCCCCCCC(=O)NCCCCCCCCCC(=O)NCCCC[C@H](N)C=O. The largest absolute Gasteiger partial charge is 0.356 e. The molecule has 1 unspecified atom stereocenters. The molecule has 0 bridgehead atoms. The van der Waals surface area contributed by atoms with Crippen LogP contribution in [0.3, 0.4) is 0 Å². The number of carbonyl (C=O) groups excluding carboxylic acids is 5. The monoisotopic (exact) mass is 676 g/mol. The minimum Gasteiger partial charge on any atom is -0.356 e. The van der Waals surface area contributed by atoms with Gasteiger partial charge in [-0.1, -0.05) is 64.2 Å². The Hall–Kier alpha value is -3.04. The van der Waals surface area contributed by atoms with Gasteiger partial charge in [-0.3, -0.25) is 28.9 Å². The minimum atomic E-state index is -0.736. The van der Waals surface area contributed by atoms with Gasteiger partial charge in [-0.2, -0.15) is 0 Å². The van der Waals surface area contributed by atoms with Gasteiger partial charge in [0.1, 0.15) is 6.29 Å². The molecule has 0 spiro atoms. The summed E-state index contributed by atoms with van der Waals surface area (Å²) in [5.41, 5.74) is 11.5. The molecule has 274 valence electrons. The van der Waals surface area contributed by atoms with E-state index in [4.69, 9.17) is 18.0 Å². The van der Waals surface area contributed by atoms with Crippen LogP contribution in [0.15, 0.2) is 0 Å². The van der Waals surface area contributed by atoms with Gasteiger partial charge in [0.15, 0.2) is 0 Å². The first-order valence-corrected chi connectivity index (χ1v) is 18.7. The minimum absolute atomic E-state index is 0.0894. The van der Waals surface area contributed by atoms with Gasteiger partial charge >= 0.3 is 6.17 Å². The molecule has 12 nitrogen and oxygen atoms in total. The fourth-order valence-corrected chi connectivity index (χ4v) is 5.87. The molecule has 0 aromatic heterocycles. The van der Waals surface area contributed by atoms with E-state index in [2.05, 4.69) is 20.8 Å². The van der Waals surface area contributed by atoms with E-state index in [0.717, 1.165) is 122 Å². The summed E-state index contributed by atoms with van der Waals surface area (Å²) in [6, 6.07) is -1.13. The molecule has 0 aromatic rings. The average molecular weight is 676 g/mol. The van der Waals surface area contributed by atoms with Crippen LogP contribution < -0.4 is 27.4 Å². The van der Waals surface area contributed by atoms with Crippen LogP contribution in [-0.4, -0.2) is 79.2 Å². The van der Waals surface area contributed by atoms with Crippen LogP contribution in [0.2, 0.25) is 0 Å². The van der Waals surface area contributed by atoms with E-state index in [-0.39, 0.29) is 30.0 Å². The van der Waals surface area contributed by atoms with Crippen molar-refractivity contribution < 1.29 is 24.0 Å². The number of nitrogens with zero attached hydrogens (tertiary/aromatic N) is 2. The Kier molecular flexibility index (Phi) is 25.9. The molecule has 1 aliphatic heterocycles. The summed E-state index contributed by atoms with van der Waals surface area (Å²) in [4.78, 5) is 64.0. The van der Waals surface area contributed by atoms with Crippen LogP contribution >= 0.6 is 0 Å². The Balaban J connectivity index is 1.82. The van der Waals surface area contributed by atoms with Crippen LogP contribution in [0.4, 0.5) is 0 Å². The molecular weight excluding hydrogens is 610 g/mol. The lowest BCUT2D eigenvalue weighted by molar-refractivity contribution is -0.133. The quantitative estimate of drug-likeness (QED) is 0.0429. The van der Waals surface area contributed by atoms with Crippen LogP contribution in [0.1, 0.15) is 148 Å². The van der Waals surface area contributed by atoms with Crippen molar-refractivity contribution in [3.63, 3.8) is 0 Å². The van der Waals surface area contributed by atoms with E-state index in [0.29, 0.717) is 51.7 Å². The number of carbonyl (C=O) groups is 5. The van der Waals surface area contributed by atoms with Crippen LogP contribution in [-0.2, 0) is 24.0 Å². The first-order chi connectivity index (χ1) is 23.3. The molecule has 1 heterocycles. The van der Waals surface area contributed by atoms with Gasteiger partial charge in [0.2, 0.25) is 23.6 Å². The highest BCUT2D eigenvalue weighted by atomic mass is 16.2. The number of nitrogens with two attached hydrogens (primary N) is 2. The first-order valence-electron chi connectivity index (χ1n) is 18.7. The lowest BCUT2D eigenvalue weighted by atomic mass is 10.1. The van der Waals surface area contributed by atoms with Crippen LogP contribution in [0.25, 0.3) is 4.85 Å². The zero-order chi connectivity index (χ0) is 35.2. The Morgan fingerprint density at radius 1 is 0.667 bits per heavy atom. The van der Waals surface area contributed by atoms with Gasteiger partial charge in [-0.05, 0) is 57.8 Å². The van der Waals surface area contributed by atoms with E-state index < -0.39 is 18.2 Å². The number of unbranched alkanes of at least 4 members (excludes halogenated alkanes) is 13. The summed E-state index contributed by atoms with van der Waals surface area (Å²) < 4.78 is 0. The second-order valence-electron chi connectivity index (χ2n) is 13.2. The standard InChI is InChI=1S/C36H65N7O5/c1-39-32-20-18-28-43(32)36(48)31(38)23-24-35(47)42-26-16-11-7-3-5-8-12-21-33(45)40-25-15-10-6-2-4-9-13-22-34(46)41-27-17-14-19-30(37)29-44/h29-32H,2-28,37-38H2,(H,40,45)(H,41,46)(H,42,47)/t30-,31?,32-/m0/s1. The maximum Gasteiger partial charge on any atom is 0.300 e. The molecule has 48 heavy (non-hydrogen) atoms. The van der Waals surface area contributed by atoms with Gasteiger partial charge in [0, 0.05) is 51.9 Å². The predicted octanol–water partition coefficient (Wildman–Crippen LogP) is 4.25. The second-order valence-corrected chi connectivity index (χ2v) is 13.2. The fraction of sp³-hybridized carbons (Fsp3) is 0.833. The molecule has 4 amide bonds. The average Bonchev–Trinajstić information content (AvgIpc) is 3.57.